The van der Waals surface area contributed by atoms with E-state index in [1.807, 2.05) is 0 Å². The molecule has 2 rings (SSSR count). The normalized spacial score (nSPS) is 11.4. The number of hydrogen-bond acceptors (Lipinski definition) is 4. The van der Waals surface area contributed by atoms with E-state index in [1.165, 1.54) is 12.1 Å². The number of hydrogen-bond donors (Lipinski definition) is 1. The average molecular weight is 266 g/mol. The van der Waals surface area contributed by atoms with Crippen LogP contribution in [0.4, 0.5) is 0 Å². The van der Waals surface area contributed by atoms with Crippen LogP contribution in [0.25, 0.3) is 11.0 Å². The molecule has 0 aliphatic carbocycles. The van der Waals surface area contributed by atoms with Gasteiger partial charge in [0.05, 0.1) is 15.9 Å². The third-order valence-corrected chi connectivity index (χ3v) is 3.37. The molecule has 0 atom stereocenters. The molecule has 0 spiro atoms. The van der Waals surface area contributed by atoms with Crippen LogP contribution >= 0.6 is 12.2 Å². The Balaban J connectivity index is 0.00000128. The molecule has 1 aromatic carbocycles. The molecule has 80 valence electrons. The summed E-state index contributed by atoms with van der Waals surface area (Å²) in [4.78, 5) is 2.56. The van der Waals surface area contributed by atoms with Crippen molar-refractivity contribution in [1.29, 1.82) is 0 Å². The van der Waals surface area contributed by atoms with Gasteiger partial charge in [0.1, 0.15) is 10.1 Å². The summed E-state index contributed by atoms with van der Waals surface area (Å²) in [6.07, 6.45) is 0. The molecular weight excluding hydrogens is 259 g/mol. The standard InChI is InChI=1S/C8H8N2O3S2.Na/c1-10-7-3-2-5(15(11,12)13)4-6(7)9-8(10)14;/h2-4H,1H3,(H,9,14)(H,11,12,13);/q;+1/p-1. The molecule has 0 aliphatic heterocycles. The zero-order valence-corrected chi connectivity index (χ0v) is 12.4. The van der Waals surface area contributed by atoms with Gasteiger partial charge in [0.15, 0.2) is 4.77 Å². The maximum absolute atomic E-state index is 10.8. The third-order valence-electron chi connectivity index (χ3n) is 2.16. The number of benzene rings is 1. The van der Waals surface area contributed by atoms with Crippen LogP contribution < -0.4 is 29.6 Å². The molecule has 5 nitrogen and oxygen atoms in total. The number of aromatic amines is 1. The summed E-state index contributed by atoms with van der Waals surface area (Å²) < 4.78 is 34.5. The molecule has 2 aromatic rings. The quantitative estimate of drug-likeness (QED) is 0.373. The fraction of sp³-hybridized carbons (Fsp3) is 0.125. The molecule has 1 N–H and O–H groups in total. The monoisotopic (exact) mass is 266 g/mol. The number of nitrogens with zero attached hydrogens (tertiary/aromatic N) is 1. The fourth-order valence-electron chi connectivity index (χ4n) is 1.37. The summed E-state index contributed by atoms with van der Waals surface area (Å²) in [6, 6.07) is 4.10. The molecule has 0 saturated carbocycles. The molecule has 0 saturated heterocycles. The molecule has 0 fully saturated rings. The topological polar surface area (TPSA) is 77.9 Å². The van der Waals surface area contributed by atoms with Gasteiger partial charge in [-0.2, -0.15) is 0 Å². The molecule has 16 heavy (non-hydrogen) atoms. The summed E-state index contributed by atoms with van der Waals surface area (Å²) in [5.74, 6) is 0. The van der Waals surface area contributed by atoms with E-state index in [0.29, 0.717) is 10.3 Å². The summed E-state index contributed by atoms with van der Waals surface area (Å²) in [7, 11) is -2.65. The predicted molar refractivity (Wildman–Crippen MR) is 56.1 cm³/mol. The zero-order chi connectivity index (χ0) is 11.2. The Kier molecular flexibility index (Phi) is 3.99. The number of nitrogens with one attached hydrogen (secondary N) is 1. The first kappa shape index (κ1) is 13.9. The van der Waals surface area contributed by atoms with E-state index in [4.69, 9.17) is 12.2 Å². The minimum Gasteiger partial charge on any atom is -0.744 e. The van der Waals surface area contributed by atoms with Gasteiger partial charge in [-0.25, -0.2) is 8.42 Å². The van der Waals surface area contributed by atoms with Crippen LogP contribution in [-0.2, 0) is 17.2 Å². The smallest absolute Gasteiger partial charge is 0.744 e. The second-order valence-electron chi connectivity index (χ2n) is 3.12. The largest absolute Gasteiger partial charge is 1.00 e. The van der Waals surface area contributed by atoms with E-state index in [1.54, 1.807) is 17.7 Å². The van der Waals surface area contributed by atoms with E-state index in [-0.39, 0.29) is 34.5 Å². The molecule has 1 aromatic heterocycles. The number of H-pyrrole nitrogens is 1. The summed E-state index contributed by atoms with van der Waals surface area (Å²) in [5.41, 5.74) is 1.30. The number of imidazole rings is 1. The van der Waals surface area contributed by atoms with Crippen molar-refractivity contribution in [3.8, 4) is 0 Å². The molecule has 0 aliphatic rings. The Bertz CT molecular complexity index is 687. The molecule has 0 unspecified atom stereocenters. The van der Waals surface area contributed by atoms with Crippen LogP contribution in [0.2, 0.25) is 0 Å². The number of aryl methyl sites for hydroxylation is 1. The first-order valence-corrected chi connectivity index (χ1v) is 5.86. The van der Waals surface area contributed by atoms with E-state index in [9.17, 15) is 13.0 Å². The van der Waals surface area contributed by atoms with Crippen LogP contribution in [-0.4, -0.2) is 22.5 Å². The van der Waals surface area contributed by atoms with Gasteiger partial charge in [0, 0.05) is 7.05 Å². The van der Waals surface area contributed by atoms with Crippen LogP contribution in [0.5, 0.6) is 0 Å². The minimum absolute atomic E-state index is 0. The van der Waals surface area contributed by atoms with Crippen LogP contribution in [0.1, 0.15) is 0 Å². The summed E-state index contributed by atoms with van der Waals surface area (Å²) in [6.45, 7) is 0. The second kappa shape index (κ2) is 4.59. The predicted octanol–water partition coefficient (Wildman–Crippen LogP) is -1.86. The van der Waals surface area contributed by atoms with Crippen LogP contribution in [0.15, 0.2) is 23.1 Å². The summed E-state index contributed by atoms with van der Waals surface area (Å²) >= 11 is 4.97. The Labute approximate surface area is 120 Å². The van der Waals surface area contributed by atoms with E-state index in [2.05, 4.69) is 4.98 Å². The Hall–Kier alpha value is -0.180. The van der Waals surface area contributed by atoms with Crippen molar-refractivity contribution >= 4 is 33.4 Å². The van der Waals surface area contributed by atoms with Gasteiger partial charge in [-0.05, 0) is 30.4 Å². The van der Waals surface area contributed by atoms with E-state index >= 15 is 0 Å². The number of fused-ring (bicyclic) bond motifs is 1. The Morgan fingerprint density at radius 1 is 1.44 bits per heavy atom. The first-order chi connectivity index (χ1) is 6.89. The fourth-order valence-corrected chi connectivity index (χ4v) is 2.08. The van der Waals surface area contributed by atoms with Crippen molar-refractivity contribution in [3.05, 3.63) is 23.0 Å². The van der Waals surface area contributed by atoms with E-state index in [0.717, 1.165) is 5.52 Å². The van der Waals surface area contributed by atoms with Gasteiger partial charge in [0.25, 0.3) is 0 Å². The van der Waals surface area contributed by atoms with Gasteiger partial charge in [-0.15, -0.1) is 0 Å². The Morgan fingerprint density at radius 2 is 2.06 bits per heavy atom. The van der Waals surface area contributed by atoms with Crippen molar-refractivity contribution in [2.45, 2.75) is 4.90 Å². The van der Waals surface area contributed by atoms with Crippen molar-refractivity contribution in [3.63, 3.8) is 0 Å². The SMILES string of the molecule is Cn1c(=S)[nH]c2cc(S(=O)(=O)[O-])ccc21.[Na+]. The average Bonchev–Trinajstić information content (AvgIpc) is 2.41. The van der Waals surface area contributed by atoms with Gasteiger partial charge in [-0.1, -0.05) is 0 Å². The molecule has 0 bridgehead atoms. The van der Waals surface area contributed by atoms with Gasteiger partial charge >= 0.3 is 29.6 Å². The number of rotatable bonds is 1. The Morgan fingerprint density at radius 3 is 2.62 bits per heavy atom. The zero-order valence-electron chi connectivity index (χ0n) is 8.72. The minimum atomic E-state index is -4.41. The van der Waals surface area contributed by atoms with Crippen molar-refractivity contribution in [2.75, 3.05) is 0 Å². The maximum Gasteiger partial charge on any atom is 1.00 e. The van der Waals surface area contributed by atoms with Gasteiger partial charge in [-0.3, -0.25) is 0 Å². The second-order valence-corrected chi connectivity index (χ2v) is 4.89. The van der Waals surface area contributed by atoms with Crippen LogP contribution in [0.3, 0.4) is 0 Å². The number of aromatic nitrogens is 2. The molecule has 0 radical (unpaired) electrons. The van der Waals surface area contributed by atoms with Crippen molar-refractivity contribution < 1.29 is 42.5 Å². The van der Waals surface area contributed by atoms with Crippen LogP contribution in [0, 0.1) is 4.77 Å². The first-order valence-electron chi connectivity index (χ1n) is 4.04. The van der Waals surface area contributed by atoms with Gasteiger partial charge < -0.3 is 14.1 Å². The molecular formula is C8H7N2NaO3S2. The maximum atomic E-state index is 10.8. The molecule has 0 amide bonds. The molecule has 8 heteroatoms. The third kappa shape index (κ3) is 2.39. The van der Waals surface area contributed by atoms with Crippen molar-refractivity contribution in [1.82, 2.24) is 9.55 Å². The van der Waals surface area contributed by atoms with Gasteiger partial charge in [0.2, 0.25) is 0 Å². The van der Waals surface area contributed by atoms with Crippen molar-refractivity contribution in [2.24, 2.45) is 7.05 Å². The summed E-state index contributed by atoms with van der Waals surface area (Å²) in [5, 5.41) is 0. The molecule has 1 heterocycles. The van der Waals surface area contributed by atoms with E-state index < -0.39 is 10.1 Å².